The van der Waals surface area contributed by atoms with E-state index in [1.807, 2.05) is 30.3 Å². The zero-order chi connectivity index (χ0) is 25.7. The number of carbonyl (C=O) groups excluding carboxylic acids is 2. The normalized spacial score (nSPS) is 10.6. The van der Waals surface area contributed by atoms with Crippen LogP contribution in [0.5, 0.6) is 0 Å². The number of nitrogens with zero attached hydrogens (tertiary/aromatic N) is 3. The molecule has 0 aliphatic rings. The molecule has 0 atom stereocenters. The first kappa shape index (κ1) is 25.2. The third kappa shape index (κ3) is 5.82. The second-order valence-corrected chi connectivity index (χ2v) is 8.65. The summed E-state index contributed by atoms with van der Waals surface area (Å²) < 4.78 is 15.2. The van der Waals surface area contributed by atoms with Gasteiger partial charge >= 0.3 is 0 Å². The minimum absolute atomic E-state index is 0.118. The van der Waals surface area contributed by atoms with Gasteiger partial charge in [-0.25, -0.2) is 9.37 Å². The van der Waals surface area contributed by atoms with Gasteiger partial charge in [-0.15, -0.1) is 6.58 Å². The van der Waals surface area contributed by atoms with Crippen LogP contribution in [0.25, 0.3) is 16.9 Å². The van der Waals surface area contributed by atoms with Gasteiger partial charge in [-0.3, -0.25) is 19.5 Å². The van der Waals surface area contributed by atoms with Crippen LogP contribution in [0.3, 0.4) is 0 Å². The van der Waals surface area contributed by atoms with Crippen molar-refractivity contribution in [2.45, 2.75) is 0 Å². The minimum atomic E-state index is -0.483. The van der Waals surface area contributed by atoms with E-state index in [4.69, 9.17) is 23.2 Å². The van der Waals surface area contributed by atoms with Crippen LogP contribution >= 0.6 is 23.2 Å². The fraction of sp³-hybridized carbons (Fsp3) is 0.0741. The second-order valence-electron chi connectivity index (χ2n) is 7.81. The van der Waals surface area contributed by atoms with Crippen molar-refractivity contribution in [2.75, 3.05) is 18.4 Å². The number of hydrogen-bond donors (Lipinski definition) is 1. The molecule has 0 aliphatic carbocycles. The summed E-state index contributed by atoms with van der Waals surface area (Å²) in [5.74, 6) is -1.09. The van der Waals surface area contributed by atoms with Crippen LogP contribution in [0.15, 0.2) is 91.6 Å². The second kappa shape index (κ2) is 11.2. The summed E-state index contributed by atoms with van der Waals surface area (Å²) in [6.07, 6.45) is 3.26. The Kier molecular flexibility index (Phi) is 7.83. The lowest BCUT2D eigenvalue weighted by atomic mass is 10.2. The number of benzene rings is 3. The number of halogens is 3. The molecule has 1 heterocycles. The molecule has 6 nitrogen and oxygen atoms in total. The monoisotopic (exact) mass is 522 g/mol. The maximum absolute atomic E-state index is 13.5. The summed E-state index contributed by atoms with van der Waals surface area (Å²) in [4.78, 5) is 32.0. The van der Waals surface area contributed by atoms with E-state index in [0.717, 1.165) is 5.56 Å². The quantitative estimate of drug-likeness (QED) is 0.278. The highest BCUT2D eigenvalue weighted by Gasteiger charge is 2.22. The standard InChI is InChI=1S/C27H21Cl2FN4O2/c1-2-14-33(26(36)22-13-8-19(28)15-23(22)29)17-25(35)32-27-31-24(18-6-4-3-5-7-18)16-34(27)21-11-9-20(30)10-12-21/h2-13,15-16H,1,14,17H2,(H,31,32,35). The highest BCUT2D eigenvalue weighted by molar-refractivity contribution is 6.36. The molecule has 0 aliphatic heterocycles. The molecule has 36 heavy (non-hydrogen) atoms. The summed E-state index contributed by atoms with van der Waals surface area (Å²) in [5, 5.41) is 3.35. The van der Waals surface area contributed by atoms with Crippen LogP contribution < -0.4 is 5.32 Å². The number of nitrogens with one attached hydrogen (secondary N) is 1. The van der Waals surface area contributed by atoms with Gasteiger partial charge in [-0.2, -0.15) is 0 Å². The molecule has 0 spiro atoms. The van der Waals surface area contributed by atoms with Gasteiger partial charge in [0.1, 0.15) is 12.4 Å². The average molecular weight is 523 g/mol. The predicted molar refractivity (Wildman–Crippen MR) is 140 cm³/mol. The summed E-state index contributed by atoms with van der Waals surface area (Å²) in [7, 11) is 0. The van der Waals surface area contributed by atoms with Crippen LogP contribution in [-0.4, -0.2) is 39.4 Å². The van der Waals surface area contributed by atoms with Crippen LogP contribution in [0.2, 0.25) is 10.0 Å². The molecule has 1 aromatic heterocycles. The molecule has 3 aromatic carbocycles. The Balaban J connectivity index is 1.61. The van der Waals surface area contributed by atoms with Crippen molar-refractivity contribution in [3.63, 3.8) is 0 Å². The Labute approximate surface area is 217 Å². The molecule has 0 bridgehead atoms. The lowest BCUT2D eigenvalue weighted by Crippen LogP contribution is -2.38. The van der Waals surface area contributed by atoms with Crippen LogP contribution in [0, 0.1) is 5.82 Å². The predicted octanol–water partition coefficient (Wildman–Crippen LogP) is 6.25. The maximum Gasteiger partial charge on any atom is 0.256 e. The van der Waals surface area contributed by atoms with Crippen LogP contribution in [-0.2, 0) is 4.79 Å². The molecule has 0 fully saturated rings. The maximum atomic E-state index is 13.5. The van der Waals surface area contributed by atoms with Crippen molar-refractivity contribution < 1.29 is 14.0 Å². The van der Waals surface area contributed by atoms with Crippen molar-refractivity contribution in [3.05, 3.63) is 113 Å². The third-order valence-corrected chi connectivity index (χ3v) is 5.81. The van der Waals surface area contributed by atoms with E-state index < -0.39 is 11.8 Å². The van der Waals surface area contributed by atoms with E-state index in [1.165, 1.54) is 35.2 Å². The lowest BCUT2D eigenvalue weighted by Gasteiger charge is -2.21. The summed E-state index contributed by atoms with van der Waals surface area (Å²) >= 11 is 12.1. The highest BCUT2D eigenvalue weighted by Crippen LogP contribution is 2.25. The number of hydrogen-bond acceptors (Lipinski definition) is 3. The number of rotatable bonds is 8. The van der Waals surface area contributed by atoms with Gasteiger partial charge in [0.05, 0.1) is 16.3 Å². The van der Waals surface area contributed by atoms with E-state index in [2.05, 4.69) is 16.9 Å². The van der Waals surface area contributed by atoms with Crippen molar-refractivity contribution >= 4 is 41.0 Å². The first-order chi connectivity index (χ1) is 17.4. The lowest BCUT2D eigenvalue weighted by molar-refractivity contribution is -0.116. The number of carbonyl (C=O) groups is 2. The number of anilines is 1. The smallest absolute Gasteiger partial charge is 0.256 e. The van der Waals surface area contributed by atoms with Gasteiger partial charge in [0.2, 0.25) is 11.9 Å². The number of aromatic nitrogens is 2. The molecule has 0 radical (unpaired) electrons. The third-order valence-electron chi connectivity index (χ3n) is 5.26. The van der Waals surface area contributed by atoms with Crippen molar-refractivity contribution in [2.24, 2.45) is 0 Å². The van der Waals surface area contributed by atoms with Crippen molar-refractivity contribution in [1.82, 2.24) is 14.5 Å². The molecule has 0 saturated heterocycles. The van der Waals surface area contributed by atoms with E-state index in [0.29, 0.717) is 16.4 Å². The van der Waals surface area contributed by atoms with Gasteiger partial charge in [0.15, 0.2) is 0 Å². The number of imidazole rings is 1. The van der Waals surface area contributed by atoms with E-state index in [1.54, 1.807) is 29.0 Å². The molecular formula is C27H21Cl2FN4O2. The SMILES string of the molecule is C=CCN(CC(=O)Nc1nc(-c2ccccc2)cn1-c1ccc(F)cc1)C(=O)c1ccc(Cl)cc1Cl. The van der Waals surface area contributed by atoms with Crippen LogP contribution in [0.1, 0.15) is 10.4 Å². The number of amides is 2. The van der Waals surface area contributed by atoms with Gasteiger partial charge < -0.3 is 4.90 Å². The summed E-state index contributed by atoms with van der Waals surface area (Å²) in [6, 6.07) is 19.8. The van der Waals surface area contributed by atoms with E-state index in [-0.39, 0.29) is 35.4 Å². The van der Waals surface area contributed by atoms with E-state index >= 15 is 0 Å². The Morgan fingerprint density at radius 2 is 1.78 bits per heavy atom. The fourth-order valence-electron chi connectivity index (χ4n) is 3.56. The van der Waals surface area contributed by atoms with E-state index in [9.17, 15) is 14.0 Å². The van der Waals surface area contributed by atoms with Gasteiger partial charge in [0, 0.05) is 29.0 Å². The summed E-state index contributed by atoms with van der Waals surface area (Å²) in [6.45, 7) is 3.52. The molecule has 0 unspecified atom stereocenters. The molecule has 4 rings (SSSR count). The molecule has 9 heteroatoms. The van der Waals surface area contributed by atoms with Gasteiger partial charge in [0.25, 0.3) is 5.91 Å². The first-order valence-electron chi connectivity index (χ1n) is 10.9. The Morgan fingerprint density at radius 1 is 1.06 bits per heavy atom. The molecule has 1 N–H and O–H groups in total. The molecule has 2 amide bonds. The van der Waals surface area contributed by atoms with Crippen molar-refractivity contribution in [3.8, 4) is 16.9 Å². The molecule has 0 saturated carbocycles. The molecule has 4 aromatic rings. The average Bonchev–Trinajstić information content (AvgIpc) is 3.28. The van der Waals surface area contributed by atoms with Crippen molar-refractivity contribution in [1.29, 1.82) is 0 Å². The molecular weight excluding hydrogens is 502 g/mol. The van der Waals surface area contributed by atoms with Gasteiger partial charge in [-0.1, -0.05) is 59.6 Å². The van der Waals surface area contributed by atoms with Gasteiger partial charge in [-0.05, 0) is 42.5 Å². The Hall–Kier alpha value is -3.94. The fourth-order valence-corrected chi connectivity index (χ4v) is 4.05. The minimum Gasteiger partial charge on any atom is -0.326 e. The highest BCUT2D eigenvalue weighted by atomic mass is 35.5. The first-order valence-corrected chi connectivity index (χ1v) is 11.7. The Morgan fingerprint density at radius 3 is 2.44 bits per heavy atom. The summed E-state index contributed by atoms with van der Waals surface area (Å²) in [5.41, 5.74) is 2.28. The largest absolute Gasteiger partial charge is 0.326 e. The van der Waals surface area contributed by atoms with Crippen LogP contribution in [0.4, 0.5) is 10.3 Å². The zero-order valence-electron chi connectivity index (χ0n) is 19.0. The Bertz CT molecular complexity index is 1410. The molecule has 182 valence electrons. The topological polar surface area (TPSA) is 67.2 Å². The zero-order valence-corrected chi connectivity index (χ0v) is 20.5.